The van der Waals surface area contributed by atoms with Crippen molar-refractivity contribution >= 4 is 11.8 Å². The van der Waals surface area contributed by atoms with Gasteiger partial charge in [0.1, 0.15) is 5.03 Å². The molecule has 0 saturated heterocycles. The molecule has 0 unspecified atom stereocenters. The summed E-state index contributed by atoms with van der Waals surface area (Å²) >= 11 is 1.71. The first-order chi connectivity index (χ1) is 10.1. The maximum Gasteiger partial charge on any atom is 0.125 e. The molecule has 0 radical (unpaired) electrons. The molecule has 0 atom stereocenters. The quantitative estimate of drug-likeness (QED) is 0.680. The van der Waals surface area contributed by atoms with Crippen LogP contribution in [0.25, 0.3) is 5.69 Å². The third kappa shape index (κ3) is 2.88. The number of rotatable bonds is 3. The Kier molecular flexibility index (Phi) is 3.84. The average molecular weight is 294 g/mol. The van der Waals surface area contributed by atoms with Crippen molar-refractivity contribution in [3.05, 3.63) is 71.7 Å². The first kappa shape index (κ1) is 14.0. The molecule has 2 aromatic heterocycles. The topological polar surface area (TPSA) is 17.8 Å². The Bertz CT molecular complexity index is 738. The summed E-state index contributed by atoms with van der Waals surface area (Å²) < 4.78 is 2.25. The van der Waals surface area contributed by atoms with Gasteiger partial charge >= 0.3 is 0 Å². The molecule has 106 valence electrons. The molecular weight excluding hydrogens is 276 g/mol. The monoisotopic (exact) mass is 294 g/mol. The van der Waals surface area contributed by atoms with Crippen molar-refractivity contribution in [2.75, 3.05) is 0 Å². The van der Waals surface area contributed by atoms with Gasteiger partial charge in [-0.25, -0.2) is 4.98 Å². The van der Waals surface area contributed by atoms with E-state index in [9.17, 15) is 0 Å². The lowest BCUT2D eigenvalue weighted by atomic mass is 10.2. The van der Waals surface area contributed by atoms with Crippen molar-refractivity contribution in [2.24, 2.45) is 0 Å². The second-order valence-corrected chi connectivity index (χ2v) is 6.26. The molecule has 0 aliphatic heterocycles. The number of pyridine rings is 1. The predicted octanol–water partition coefficient (Wildman–Crippen LogP) is 4.95. The molecule has 21 heavy (non-hydrogen) atoms. The molecule has 3 aromatic rings. The first-order valence-electron chi connectivity index (χ1n) is 7.00. The molecule has 0 fully saturated rings. The summed E-state index contributed by atoms with van der Waals surface area (Å²) in [4.78, 5) is 5.79. The maximum absolute atomic E-state index is 4.58. The van der Waals surface area contributed by atoms with Crippen LogP contribution in [0.4, 0.5) is 0 Å². The highest BCUT2D eigenvalue weighted by Gasteiger charge is 2.11. The smallest absolute Gasteiger partial charge is 0.125 e. The summed E-state index contributed by atoms with van der Waals surface area (Å²) in [6.45, 7) is 6.35. The number of benzene rings is 1. The van der Waals surface area contributed by atoms with Crippen LogP contribution >= 0.6 is 11.8 Å². The number of aryl methyl sites for hydroxylation is 3. The zero-order chi connectivity index (χ0) is 14.8. The van der Waals surface area contributed by atoms with Crippen LogP contribution in [0.1, 0.15) is 17.0 Å². The lowest BCUT2D eigenvalue weighted by molar-refractivity contribution is 0.911. The molecule has 0 aliphatic rings. The van der Waals surface area contributed by atoms with Gasteiger partial charge in [0, 0.05) is 22.5 Å². The fourth-order valence-electron chi connectivity index (χ4n) is 2.40. The van der Waals surface area contributed by atoms with Crippen LogP contribution in [0, 0.1) is 20.8 Å². The van der Waals surface area contributed by atoms with Gasteiger partial charge < -0.3 is 4.57 Å². The molecule has 0 N–H and O–H groups in total. The van der Waals surface area contributed by atoms with Gasteiger partial charge in [0.2, 0.25) is 0 Å². The van der Waals surface area contributed by atoms with E-state index in [2.05, 4.69) is 72.8 Å². The standard InChI is InChI=1S/C18H18N2S/c1-13-6-10-16(11-7-13)21-18-17(5-4-12-19-18)20-14(2)8-9-15(20)3/h4-12H,1-3H3. The summed E-state index contributed by atoms with van der Waals surface area (Å²) in [5, 5.41) is 1.03. The zero-order valence-corrected chi connectivity index (χ0v) is 13.3. The molecule has 1 aromatic carbocycles. The predicted molar refractivity (Wildman–Crippen MR) is 88.3 cm³/mol. The summed E-state index contributed by atoms with van der Waals surface area (Å²) in [5.41, 5.74) is 4.87. The van der Waals surface area contributed by atoms with Crippen molar-refractivity contribution in [1.82, 2.24) is 9.55 Å². The van der Waals surface area contributed by atoms with E-state index in [0.29, 0.717) is 0 Å². The Balaban J connectivity index is 2.02. The molecule has 2 nitrogen and oxygen atoms in total. The Morgan fingerprint density at radius 3 is 2.19 bits per heavy atom. The largest absolute Gasteiger partial charge is 0.316 e. The summed E-state index contributed by atoms with van der Waals surface area (Å²) in [6, 6.07) is 17.0. The Morgan fingerprint density at radius 2 is 1.52 bits per heavy atom. The van der Waals surface area contributed by atoms with Gasteiger partial charge in [0.15, 0.2) is 0 Å². The number of hydrogen-bond donors (Lipinski definition) is 0. The van der Waals surface area contributed by atoms with Gasteiger partial charge in [-0.2, -0.15) is 0 Å². The van der Waals surface area contributed by atoms with E-state index in [0.717, 1.165) is 10.7 Å². The Hall–Kier alpha value is -2.00. The second kappa shape index (κ2) is 5.78. The minimum Gasteiger partial charge on any atom is -0.316 e. The first-order valence-corrected chi connectivity index (χ1v) is 7.81. The van der Waals surface area contributed by atoms with Crippen LogP contribution < -0.4 is 0 Å². The summed E-state index contributed by atoms with van der Waals surface area (Å²) in [7, 11) is 0. The molecule has 2 heterocycles. The second-order valence-electron chi connectivity index (χ2n) is 5.19. The molecule has 0 aliphatic carbocycles. The van der Waals surface area contributed by atoms with Gasteiger partial charge in [-0.1, -0.05) is 29.5 Å². The van der Waals surface area contributed by atoms with E-state index >= 15 is 0 Å². The van der Waals surface area contributed by atoms with Crippen molar-refractivity contribution in [3.63, 3.8) is 0 Å². The van der Waals surface area contributed by atoms with Crippen LogP contribution in [0.2, 0.25) is 0 Å². The lowest BCUT2D eigenvalue weighted by Gasteiger charge is -2.13. The fraction of sp³-hybridized carbons (Fsp3) is 0.167. The molecule has 0 amide bonds. The van der Waals surface area contributed by atoms with Gasteiger partial charge in [-0.05, 0) is 57.2 Å². The summed E-state index contributed by atoms with van der Waals surface area (Å²) in [6.07, 6.45) is 1.86. The highest BCUT2D eigenvalue weighted by molar-refractivity contribution is 7.99. The number of hydrogen-bond acceptors (Lipinski definition) is 2. The Morgan fingerprint density at radius 1 is 0.857 bits per heavy atom. The molecule has 0 bridgehead atoms. The maximum atomic E-state index is 4.58. The van der Waals surface area contributed by atoms with Crippen LogP contribution in [0.3, 0.4) is 0 Å². The SMILES string of the molecule is Cc1ccc(Sc2ncccc2-n2c(C)ccc2C)cc1. The third-order valence-electron chi connectivity index (χ3n) is 3.50. The van der Waals surface area contributed by atoms with Crippen molar-refractivity contribution in [1.29, 1.82) is 0 Å². The van der Waals surface area contributed by atoms with Gasteiger partial charge in [-0.3, -0.25) is 0 Å². The van der Waals surface area contributed by atoms with Gasteiger partial charge in [-0.15, -0.1) is 0 Å². The van der Waals surface area contributed by atoms with Crippen molar-refractivity contribution in [2.45, 2.75) is 30.7 Å². The van der Waals surface area contributed by atoms with E-state index in [1.54, 1.807) is 11.8 Å². The third-order valence-corrected chi connectivity index (χ3v) is 4.51. The molecule has 0 saturated carbocycles. The molecule has 3 heteroatoms. The van der Waals surface area contributed by atoms with Gasteiger partial charge in [0.05, 0.1) is 5.69 Å². The van der Waals surface area contributed by atoms with Crippen LogP contribution in [0.15, 0.2) is 64.6 Å². The van der Waals surface area contributed by atoms with Crippen molar-refractivity contribution < 1.29 is 0 Å². The van der Waals surface area contributed by atoms with Gasteiger partial charge in [0.25, 0.3) is 0 Å². The van der Waals surface area contributed by atoms with Crippen LogP contribution in [-0.4, -0.2) is 9.55 Å². The van der Waals surface area contributed by atoms with E-state index in [1.165, 1.54) is 21.8 Å². The van der Waals surface area contributed by atoms with E-state index in [-0.39, 0.29) is 0 Å². The summed E-state index contributed by atoms with van der Waals surface area (Å²) in [5.74, 6) is 0. The minimum absolute atomic E-state index is 1.03. The fourth-order valence-corrected chi connectivity index (χ4v) is 3.27. The zero-order valence-electron chi connectivity index (χ0n) is 12.5. The minimum atomic E-state index is 1.03. The average Bonchev–Trinajstić information content (AvgIpc) is 2.81. The molecule has 3 rings (SSSR count). The van der Waals surface area contributed by atoms with Crippen molar-refractivity contribution in [3.8, 4) is 5.69 Å². The Labute approximate surface area is 129 Å². The number of aromatic nitrogens is 2. The van der Waals surface area contributed by atoms with Crippen LogP contribution in [-0.2, 0) is 0 Å². The highest BCUT2D eigenvalue weighted by atomic mass is 32.2. The normalized spacial score (nSPS) is 10.8. The lowest BCUT2D eigenvalue weighted by Crippen LogP contribution is -2.01. The van der Waals surface area contributed by atoms with E-state index < -0.39 is 0 Å². The molecule has 0 spiro atoms. The van der Waals surface area contributed by atoms with Crippen LogP contribution in [0.5, 0.6) is 0 Å². The number of nitrogens with zero attached hydrogens (tertiary/aromatic N) is 2. The highest BCUT2D eigenvalue weighted by Crippen LogP contribution is 2.32. The molecular formula is C18H18N2S. The van der Waals surface area contributed by atoms with E-state index in [1.807, 2.05) is 12.3 Å². The van der Waals surface area contributed by atoms with E-state index in [4.69, 9.17) is 0 Å².